The number of carbonyl (C=O) groups is 3. The number of fused-ring (bicyclic) bond motifs is 1. The number of likely N-dealkylation sites (tertiary alicyclic amines) is 1. The third kappa shape index (κ3) is 5.25. The third-order valence-electron chi connectivity index (χ3n) is 7.97. The summed E-state index contributed by atoms with van der Waals surface area (Å²) in [6.45, 7) is 14.3. The largest absolute Gasteiger partial charge is 0.396 e. The lowest BCUT2D eigenvalue weighted by Crippen LogP contribution is -2.56. The van der Waals surface area contributed by atoms with Crippen LogP contribution >= 0.6 is 0 Å². The Morgan fingerprint density at radius 2 is 1.75 bits per heavy atom. The predicted octanol–water partition coefficient (Wildman–Crippen LogP) is 2.76. The number of ether oxygens (including phenoxy) is 1. The van der Waals surface area contributed by atoms with E-state index in [0.717, 1.165) is 25.7 Å². The number of aliphatic hydroxyl groups is 1. The Morgan fingerprint density at radius 1 is 1.06 bits per heavy atom. The summed E-state index contributed by atoms with van der Waals surface area (Å²) in [5, 5.41) is 9.20. The van der Waals surface area contributed by atoms with E-state index in [1.165, 1.54) is 0 Å². The summed E-state index contributed by atoms with van der Waals surface area (Å²) < 4.78 is 6.57. The van der Waals surface area contributed by atoms with Gasteiger partial charge in [0.2, 0.25) is 17.7 Å². The molecule has 1 N–H and O–H groups in total. The van der Waals surface area contributed by atoms with Crippen molar-refractivity contribution in [2.45, 2.75) is 83.0 Å². The lowest BCUT2D eigenvalue weighted by Gasteiger charge is -2.37. The topological polar surface area (TPSA) is 90.4 Å². The lowest BCUT2D eigenvalue weighted by atomic mass is 9.70. The molecule has 8 heteroatoms. The summed E-state index contributed by atoms with van der Waals surface area (Å²) in [4.78, 5) is 47.1. The zero-order valence-corrected chi connectivity index (χ0v) is 22.2. The molecule has 2 unspecified atom stereocenters. The van der Waals surface area contributed by atoms with E-state index >= 15 is 0 Å². The monoisotopic (exact) mass is 503 g/mol. The summed E-state index contributed by atoms with van der Waals surface area (Å²) in [5.41, 5.74) is -0.964. The second-order valence-corrected chi connectivity index (χ2v) is 10.4. The molecule has 8 nitrogen and oxygen atoms in total. The van der Waals surface area contributed by atoms with Gasteiger partial charge in [0.1, 0.15) is 11.6 Å². The normalized spacial score (nSPS) is 28.3. The van der Waals surface area contributed by atoms with Crippen LogP contribution in [0.25, 0.3) is 0 Å². The van der Waals surface area contributed by atoms with Crippen molar-refractivity contribution >= 4 is 17.7 Å². The van der Waals surface area contributed by atoms with Crippen LogP contribution in [0.1, 0.15) is 65.2 Å². The van der Waals surface area contributed by atoms with Crippen LogP contribution in [0.3, 0.4) is 0 Å². The molecule has 3 amide bonds. The van der Waals surface area contributed by atoms with Crippen molar-refractivity contribution < 1.29 is 24.2 Å². The van der Waals surface area contributed by atoms with E-state index < -0.39 is 23.5 Å². The van der Waals surface area contributed by atoms with Gasteiger partial charge in [0.15, 0.2) is 0 Å². The number of carbonyl (C=O) groups excluding carboxylic acids is 3. The first-order valence-electron chi connectivity index (χ1n) is 13.8. The molecular weight excluding hydrogens is 458 g/mol. The number of nitrogens with zero attached hydrogens (tertiary/aromatic N) is 3. The highest BCUT2D eigenvalue weighted by Crippen LogP contribution is 2.59. The van der Waals surface area contributed by atoms with Crippen LogP contribution in [-0.2, 0) is 19.1 Å². The molecule has 3 saturated heterocycles. The Balaban J connectivity index is 1.97. The molecule has 0 radical (unpaired) electrons. The van der Waals surface area contributed by atoms with Crippen LogP contribution in [-0.4, -0.2) is 94.6 Å². The molecule has 5 atom stereocenters. The maximum absolute atomic E-state index is 14.1. The number of hydrogen-bond donors (Lipinski definition) is 1. The Labute approximate surface area is 216 Å². The van der Waals surface area contributed by atoms with Crippen LogP contribution in [0, 0.1) is 11.8 Å². The van der Waals surface area contributed by atoms with Crippen molar-refractivity contribution in [3.63, 3.8) is 0 Å². The van der Waals surface area contributed by atoms with Gasteiger partial charge in [-0.2, -0.15) is 0 Å². The third-order valence-corrected chi connectivity index (χ3v) is 7.97. The lowest BCUT2D eigenvalue weighted by molar-refractivity contribution is -0.148. The Kier molecular flexibility index (Phi) is 10.1. The van der Waals surface area contributed by atoms with Crippen molar-refractivity contribution in [3.8, 4) is 0 Å². The molecule has 0 aromatic carbocycles. The molecule has 3 rings (SSSR count). The maximum atomic E-state index is 14.1. The first-order chi connectivity index (χ1) is 17.4. The number of aliphatic hydroxyl groups excluding tert-OH is 1. The number of rotatable bonds is 16. The molecule has 0 aromatic heterocycles. The standard InChI is InChI=1S/C28H45N3O5/c1-5-9-18-30(17-8-4)27(35)24-28-14-13-21(36-28)22(25(33)29(15-6-2)16-7-3)23(28)26(34)31(24)19-11-10-12-20-32/h6,8,21-24,32H,2,4-5,7,9-20H2,1,3H3/t21-,22+,23-,24?,28?/m0/s1. The first-order valence-corrected chi connectivity index (χ1v) is 13.8. The fourth-order valence-corrected chi connectivity index (χ4v) is 6.42. The molecule has 3 fully saturated rings. The zero-order valence-electron chi connectivity index (χ0n) is 22.2. The summed E-state index contributed by atoms with van der Waals surface area (Å²) in [7, 11) is 0. The van der Waals surface area contributed by atoms with E-state index in [2.05, 4.69) is 20.1 Å². The molecule has 3 heterocycles. The highest BCUT2D eigenvalue weighted by atomic mass is 16.5. The second kappa shape index (κ2) is 12.9. The van der Waals surface area contributed by atoms with Crippen LogP contribution in [0.4, 0.5) is 0 Å². The van der Waals surface area contributed by atoms with Gasteiger partial charge < -0.3 is 24.5 Å². The van der Waals surface area contributed by atoms with Crippen molar-refractivity contribution in [2.24, 2.45) is 11.8 Å². The van der Waals surface area contributed by atoms with Gasteiger partial charge in [-0.1, -0.05) is 32.4 Å². The first kappa shape index (κ1) is 28.4. The van der Waals surface area contributed by atoms with Crippen LogP contribution in [0.5, 0.6) is 0 Å². The Hall–Kier alpha value is -2.19. The summed E-state index contributed by atoms with van der Waals surface area (Å²) in [5.74, 6) is -1.52. The zero-order chi connectivity index (χ0) is 26.3. The van der Waals surface area contributed by atoms with Gasteiger partial charge in [-0.3, -0.25) is 14.4 Å². The van der Waals surface area contributed by atoms with Crippen LogP contribution < -0.4 is 0 Å². The molecule has 1 spiro atoms. The van der Waals surface area contributed by atoms with E-state index in [9.17, 15) is 19.5 Å². The van der Waals surface area contributed by atoms with Gasteiger partial charge in [-0.25, -0.2) is 0 Å². The van der Waals surface area contributed by atoms with Crippen molar-refractivity contribution in [1.29, 1.82) is 0 Å². The van der Waals surface area contributed by atoms with E-state index in [-0.39, 0.29) is 30.4 Å². The molecule has 0 aliphatic carbocycles. The van der Waals surface area contributed by atoms with Gasteiger partial charge >= 0.3 is 0 Å². The van der Waals surface area contributed by atoms with Gasteiger partial charge in [-0.05, 0) is 44.9 Å². The quantitative estimate of drug-likeness (QED) is 0.258. The Morgan fingerprint density at radius 3 is 2.36 bits per heavy atom. The number of unbranched alkanes of at least 4 members (excludes halogenated alkanes) is 3. The predicted molar refractivity (Wildman–Crippen MR) is 139 cm³/mol. The van der Waals surface area contributed by atoms with E-state index in [1.807, 2.05) is 6.92 Å². The highest BCUT2D eigenvalue weighted by Gasteiger charge is 2.74. The average Bonchev–Trinajstić information content (AvgIpc) is 3.51. The van der Waals surface area contributed by atoms with E-state index in [4.69, 9.17) is 4.74 Å². The highest BCUT2D eigenvalue weighted by molar-refractivity contribution is 5.99. The fourth-order valence-electron chi connectivity index (χ4n) is 6.42. The van der Waals surface area contributed by atoms with Crippen LogP contribution in [0.2, 0.25) is 0 Å². The molecule has 0 aromatic rings. The molecule has 36 heavy (non-hydrogen) atoms. The summed E-state index contributed by atoms with van der Waals surface area (Å²) in [6, 6.07) is -0.734. The Bertz CT molecular complexity index is 817. The van der Waals surface area contributed by atoms with Crippen molar-refractivity contribution in [2.75, 3.05) is 39.3 Å². The van der Waals surface area contributed by atoms with E-state index in [0.29, 0.717) is 58.4 Å². The molecule has 3 aliphatic rings. The molecule has 202 valence electrons. The second-order valence-electron chi connectivity index (χ2n) is 10.4. The minimum atomic E-state index is -0.964. The number of amides is 3. The van der Waals surface area contributed by atoms with Crippen molar-refractivity contribution in [1.82, 2.24) is 14.7 Å². The van der Waals surface area contributed by atoms with Crippen molar-refractivity contribution in [3.05, 3.63) is 25.3 Å². The molecule has 3 aliphatic heterocycles. The van der Waals surface area contributed by atoms with Crippen LogP contribution in [0.15, 0.2) is 25.3 Å². The molecular formula is C28H45N3O5. The smallest absolute Gasteiger partial charge is 0.248 e. The maximum Gasteiger partial charge on any atom is 0.248 e. The van der Waals surface area contributed by atoms with Gasteiger partial charge in [0.25, 0.3) is 0 Å². The minimum Gasteiger partial charge on any atom is -0.396 e. The molecule has 2 bridgehead atoms. The fraction of sp³-hybridized carbons (Fsp3) is 0.750. The molecule has 0 saturated carbocycles. The van der Waals surface area contributed by atoms with E-state index in [1.54, 1.807) is 26.9 Å². The minimum absolute atomic E-state index is 0.0658. The van der Waals surface area contributed by atoms with Gasteiger partial charge in [0.05, 0.1) is 17.9 Å². The van der Waals surface area contributed by atoms with Gasteiger partial charge in [0, 0.05) is 39.3 Å². The average molecular weight is 504 g/mol. The summed E-state index contributed by atoms with van der Waals surface area (Å²) in [6.07, 6.45) is 9.12. The summed E-state index contributed by atoms with van der Waals surface area (Å²) >= 11 is 0. The van der Waals surface area contributed by atoms with Gasteiger partial charge in [-0.15, -0.1) is 13.2 Å². The SMILES string of the molecule is C=CCN(CCCC)C(=O)C1N(CCCCCO)C(=O)[C@@H]2[C@H](C(=O)N(CC=C)CCC)[C@@H]3CCC12O3. The number of hydrogen-bond acceptors (Lipinski definition) is 5.